The van der Waals surface area contributed by atoms with Crippen molar-refractivity contribution >= 4 is 0 Å². The van der Waals surface area contributed by atoms with Crippen LogP contribution in [0.5, 0.6) is 0 Å². The summed E-state index contributed by atoms with van der Waals surface area (Å²) < 4.78 is 2.09. The number of rotatable bonds is 7. The number of nitrogens with zero attached hydrogens (tertiary/aromatic N) is 2. The summed E-state index contributed by atoms with van der Waals surface area (Å²) in [5.74, 6) is 0. The summed E-state index contributed by atoms with van der Waals surface area (Å²) in [6.07, 6.45) is 12.1. The quantitative estimate of drug-likeness (QED) is 0.616. The molecule has 0 aliphatic heterocycles. The lowest BCUT2D eigenvalue weighted by molar-refractivity contribution is 0.434. The normalized spacial score (nSPS) is 13.0. The molecular formula is C13H24N2. The van der Waals surface area contributed by atoms with E-state index >= 15 is 0 Å². The van der Waals surface area contributed by atoms with Gasteiger partial charge in [-0.05, 0) is 25.8 Å². The van der Waals surface area contributed by atoms with E-state index in [1.54, 1.807) is 0 Å². The Hall–Kier alpha value is -0.790. The van der Waals surface area contributed by atoms with Crippen LogP contribution >= 0.6 is 0 Å². The van der Waals surface area contributed by atoms with Gasteiger partial charge in [0.25, 0.3) is 0 Å². The summed E-state index contributed by atoms with van der Waals surface area (Å²) in [6.45, 7) is 6.61. The van der Waals surface area contributed by atoms with Gasteiger partial charge in [-0.15, -0.1) is 0 Å². The zero-order valence-electron chi connectivity index (χ0n) is 10.4. The first kappa shape index (κ1) is 12.3. The average Bonchev–Trinajstić information content (AvgIpc) is 2.64. The summed E-state index contributed by atoms with van der Waals surface area (Å²) in [6, 6.07) is 0.556. The van der Waals surface area contributed by atoms with Crippen LogP contribution in [0.1, 0.15) is 64.0 Å². The Balaban J connectivity index is 2.16. The first-order valence-electron chi connectivity index (χ1n) is 6.24. The molecule has 1 unspecified atom stereocenters. The highest BCUT2D eigenvalue weighted by Gasteiger charge is 2.04. The first-order chi connectivity index (χ1) is 7.24. The molecule has 0 saturated heterocycles. The third-order valence-corrected chi connectivity index (χ3v) is 2.91. The molecule has 1 aromatic rings. The lowest BCUT2D eigenvalue weighted by atomic mass is 10.1. The van der Waals surface area contributed by atoms with Gasteiger partial charge in [0.15, 0.2) is 0 Å². The summed E-state index contributed by atoms with van der Waals surface area (Å²) in [5, 5.41) is 4.35. The monoisotopic (exact) mass is 208 g/mol. The second kappa shape index (κ2) is 6.65. The van der Waals surface area contributed by atoms with Crippen LogP contribution < -0.4 is 0 Å². The minimum absolute atomic E-state index is 0.556. The fraction of sp³-hybridized carbons (Fsp3) is 0.769. The highest BCUT2D eigenvalue weighted by molar-refractivity contribution is 5.00. The maximum absolute atomic E-state index is 4.35. The second-order valence-corrected chi connectivity index (χ2v) is 4.55. The molecule has 0 N–H and O–H groups in total. The van der Waals surface area contributed by atoms with Crippen molar-refractivity contribution in [2.45, 2.75) is 65.3 Å². The Labute approximate surface area is 93.7 Å². The number of unbranched alkanes of at least 4 members (excludes halogenated alkanes) is 4. The zero-order chi connectivity index (χ0) is 11.1. The van der Waals surface area contributed by atoms with Gasteiger partial charge >= 0.3 is 0 Å². The van der Waals surface area contributed by atoms with Gasteiger partial charge in [-0.3, -0.25) is 4.68 Å². The van der Waals surface area contributed by atoms with Crippen molar-refractivity contribution in [2.24, 2.45) is 0 Å². The van der Waals surface area contributed by atoms with E-state index in [9.17, 15) is 0 Å². The maximum Gasteiger partial charge on any atom is 0.0519 e. The van der Waals surface area contributed by atoms with E-state index in [0.717, 1.165) is 0 Å². The fourth-order valence-electron chi connectivity index (χ4n) is 1.85. The van der Waals surface area contributed by atoms with E-state index in [2.05, 4.69) is 36.7 Å². The first-order valence-corrected chi connectivity index (χ1v) is 6.24. The van der Waals surface area contributed by atoms with Crippen LogP contribution in [0.2, 0.25) is 0 Å². The highest BCUT2D eigenvalue weighted by Crippen LogP contribution is 2.15. The van der Waals surface area contributed by atoms with Gasteiger partial charge in [0, 0.05) is 12.2 Å². The van der Waals surface area contributed by atoms with Crippen LogP contribution in [-0.4, -0.2) is 9.78 Å². The predicted molar refractivity (Wildman–Crippen MR) is 65.1 cm³/mol. The minimum Gasteiger partial charge on any atom is -0.270 e. The molecule has 1 heterocycles. The Kier molecular flexibility index (Phi) is 5.44. The fourth-order valence-corrected chi connectivity index (χ4v) is 1.85. The minimum atomic E-state index is 0.556. The van der Waals surface area contributed by atoms with Crippen molar-refractivity contribution in [1.82, 2.24) is 9.78 Å². The van der Waals surface area contributed by atoms with Crippen molar-refractivity contribution in [1.29, 1.82) is 0 Å². The lowest BCUT2D eigenvalue weighted by Crippen LogP contribution is -2.05. The van der Waals surface area contributed by atoms with Gasteiger partial charge in [0.2, 0.25) is 0 Å². The van der Waals surface area contributed by atoms with E-state index in [-0.39, 0.29) is 0 Å². The number of hydrogen-bond acceptors (Lipinski definition) is 1. The summed E-state index contributed by atoms with van der Waals surface area (Å²) in [4.78, 5) is 0. The van der Waals surface area contributed by atoms with Crippen LogP contribution in [0, 0.1) is 6.92 Å². The van der Waals surface area contributed by atoms with Crippen molar-refractivity contribution in [3.63, 3.8) is 0 Å². The van der Waals surface area contributed by atoms with Crippen LogP contribution in [0.3, 0.4) is 0 Å². The van der Waals surface area contributed by atoms with Gasteiger partial charge in [-0.1, -0.05) is 39.0 Å². The molecule has 0 amide bonds. The van der Waals surface area contributed by atoms with E-state index in [0.29, 0.717) is 6.04 Å². The predicted octanol–water partition coefficient (Wildman–Crippen LogP) is 4.11. The molecule has 1 atom stereocenters. The van der Waals surface area contributed by atoms with E-state index in [4.69, 9.17) is 0 Å². The molecule has 0 aliphatic rings. The van der Waals surface area contributed by atoms with Crippen LogP contribution in [0.25, 0.3) is 0 Å². The zero-order valence-corrected chi connectivity index (χ0v) is 10.4. The molecule has 0 radical (unpaired) electrons. The van der Waals surface area contributed by atoms with Crippen molar-refractivity contribution in [3.05, 3.63) is 18.0 Å². The Morgan fingerprint density at radius 3 is 2.60 bits per heavy atom. The van der Waals surface area contributed by atoms with Gasteiger partial charge in [-0.25, -0.2) is 0 Å². The largest absolute Gasteiger partial charge is 0.270 e. The summed E-state index contributed by atoms with van der Waals surface area (Å²) in [5.41, 5.74) is 1.26. The van der Waals surface area contributed by atoms with Crippen molar-refractivity contribution in [3.8, 4) is 0 Å². The molecule has 0 fully saturated rings. The molecular weight excluding hydrogens is 184 g/mol. The molecule has 0 bridgehead atoms. The lowest BCUT2D eigenvalue weighted by Gasteiger charge is -2.11. The Morgan fingerprint density at radius 1 is 1.27 bits per heavy atom. The number of hydrogen-bond donors (Lipinski definition) is 0. The Bertz CT molecular complexity index is 265. The molecule has 0 aliphatic carbocycles. The molecule has 2 nitrogen and oxygen atoms in total. The van der Waals surface area contributed by atoms with E-state index in [1.807, 2.05) is 6.20 Å². The molecule has 0 spiro atoms. The second-order valence-electron chi connectivity index (χ2n) is 4.55. The van der Waals surface area contributed by atoms with Crippen LogP contribution in [0.15, 0.2) is 12.4 Å². The molecule has 0 aromatic carbocycles. The van der Waals surface area contributed by atoms with Gasteiger partial charge in [0.1, 0.15) is 0 Å². The van der Waals surface area contributed by atoms with Crippen LogP contribution in [-0.2, 0) is 0 Å². The topological polar surface area (TPSA) is 17.8 Å². The van der Waals surface area contributed by atoms with Crippen molar-refractivity contribution < 1.29 is 0 Å². The summed E-state index contributed by atoms with van der Waals surface area (Å²) in [7, 11) is 0. The molecule has 0 saturated carbocycles. The van der Waals surface area contributed by atoms with E-state index < -0.39 is 0 Å². The average molecular weight is 208 g/mol. The van der Waals surface area contributed by atoms with Crippen LogP contribution in [0.4, 0.5) is 0 Å². The maximum atomic E-state index is 4.35. The standard InChI is InChI=1S/C13H24N2/c1-4-5-6-7-8-9-13(3)15-11-12(2)10-14-15/h10-11,13H,4-9H2,1-3H3. The van der Waals surface area contributed by atoms with Crippen molar-refractivity contribution in [2.75, 3.05) is 0 Å². The molecule has 1 aromatic heterocycles. The van der Waals surface area contributed by atoms with Gasteiger partial charge < -0.3 is 0 Å². The number of aryl methyl sites for hydroxylation is 1. The Morgan fingerprint density at radius 2 is 2.00 bits per heavy atom. The van der Waals surface area contributed by atoms with Gasteiger partial charge in [0.05, 0.1) is 6.20 Å². The highest BCUT2D eigenvalue weighted by atomic mass is 15.3. The smallest absolute Gasteiger partial charge is 0.0519 e. The van der Waals surface area contributed by atoms with E-state index in [1.165, 1.54) is 44.1 Å². The van der Waals surface area contributed by atoms with Gasteiger partial charge in [-0.2, -0.15) is 5.10 Å². The molecule has 86 valence electrons. The molecule has 15 heavy (non-hydrogen) atoms. The number of aromatic nitrogens is 2. The molecule has 2 heteroatoms. The third-order valence-electron chi connectivity index (χ3n) is 2.91. The molecule has 1 rings (SSSR count). The third kappa shape index (κ3) is 4.50. The SMILES string of the molecule is CCCCCCCC(C)n1cc(C)cn1. The summed E-state index contributed by atoms with van der Waals surface area (Å²) >= 11 is 0.